The van der Waals surface area contributed by atoms with E-state index in [4.69, 9.17) is 4.98 Å². The molecule has 136 valence electrons. The average Bonchev–Trinajstić information content (AvgIpc) is 3.27. The fraction of sp³-hybridized carbons (Fsp3) is 0.286. The third kappa shape index (κ3) is 2.92. The van der Waals surface area contributed by atoms with Crippen molar-refractivity contribution in [2.24, 2.45) is 7.05 Å². The normalized spacial score (nSPS) is 19.8. The smallest absolute Gasteiger partial charge is 0.223 e. The van der Waals surface area contributed by atoms with Gasteiger partial charge in [-0.1, -0.05) is 30.3 Å². The van der Waals surface area contributed by atoms with E-state index in [2.05, 4.69) is 51.8 Å². The van der Waals surface area contributed by atoms with Gasteiger partial charge in [-0.3, -0.25) is 4.68 Å². The number of fused-ring (bicyclic) bond motifs is 2. The molecule has 2 heterocycles. The van der Waals surface area contributed by atoms with E-state index in [0.717, 1.165) is 52.2 Å². The van der Waals surface area contributed by atoms with Crippen LogP contribution in [0.25, 0.3) is 32.9 Å². The number of hydrogen-bond donors (Lipinski definition) is 2. The Kier molecular flexibility index (Phi) is 3.79. The van der Waals surface area contributed by atoms with Crippen LogP contribution in [0.2, 0.25) is 0 Å². The van der Waals surface area contributed by atoms with E-state index in [1.807, 2.05) is 24.1 Å². The highest BCUT2D eigenvalue weighted by Gasteiger charge is 2.23. The molecule has 1 fully saturated rings. The number of nitrogens with zero attached hydrogens (tertiary/aromatic N) is 4. The molecule has 2 aromatic carbocycles. The van der Waals surface area contributed by atoms with Crippen LogP contribution in [0.4, 0.5) is 5.95 Å². The lowest BCUT2D eigenvalue weighted by molar-refractivity contribution is 0.182. The van der Waals surface area contributed by atoms with Gasteiger partial charge in [-0.15, -0.1) is 0 Å². The summed E-state index contributed by atoms with van der Waals surface area (Å²) in [4.78, 5) is 9.15. The fourth-order valence-corrected chi connectivity index (χ4v) is 4.00. The molecule has 0 unspecified atom stereocenters. The van der Waals surface area contributed by atoms with Crippen LogP contribution >= 0.6 is 0 Å². The van der Waals surface area contributed by atoms with E-state index in [1.54, 1.807) is 0 Å². The van der Waals surface area contributed by atoms with Gasteiger partial charge in [0.25, 0.3) is 0 Å². The maximum atomic E-state index is 9.72. The Bertz CT molecular complexity index is 1140. The summed E-state index contributed by atoms with van der Waals surface area (Å²) in [7, 11) is 1.97. The van der Waals surface area contributed by atoms with E-state index in [1.165, 1.54) is 0 Å². The van der Waals surface area contributed by atoms with Crippen LogP contribution in [-0.4, -0.2) is 37.0 Å². The van der Waals surface area contributed by atoms with E-state index in [0.29, 0.717) is 5.95 Å². The first kappa shape index (κ1) is 16.2. The van der Waals surface area contributed by atoms with Crippen molar-refractivity contribution in [1.29, 1.82) is 0 Å². The first-order valence-electron chi connectivity index (χ1n) is 9.30. The molecular formula is C21H21N5O. The second kappa shape index (κ2) is 6.32. The Labute approximate surface area is 156 Å². The summed E-state index contributed by atoms with van der Waals surface area (Å²) in [6.07, 6.45) is 6.07. The molecule has 5 rings (SSSR count). The Morgan fingerprint density at radius 3 is 2.89 bits per heavy atom. The van der Waals surface area contributed by atoms with Gasteiger partial charge >= 0.3 is 0 Å². The summed E-state index contributed by atoms with van der Waals surface area (Å²) in [5.41, 5.74) is 4.27. The van der Waals surface area contributed by atoms with E-state index in [9.17, 15) is 5.11 Å². The zero-order chi connectivity index (χ0) is 18.4. The van der Waals surface area contributed by atoms with Crippen LogP contribution in [0.1, 0.15) is 19.3 Å². The molecule has 0 saturated heterocycles. The molecule has 0 radical (unpaired) electrons. The monoisotopic (exact) mass is 359 g/mol. The first-order valence-corrected chi connectivity index (χ1v) is 9.30. The standard InChI is InChI=1S/C21H21N5O/c1-26-20-15(12-23-26)3-2-4-18(20)13-5-6-14-11-22-21(25-19(14)9-13)24-16-7-8-17(27)10-16/h2-6,9,11-12,16-17,27H,7-8,10H2,1H3,(H,22,24,25)/t16-,17-/m1/s1. The molecule has 1 aliphatic carbocycles. The average molecular weight is 359 g/mol. The molecule has 6 heteroatoms. The minimum atomic E-state index is -0.214. The van der Waals surface area contributed by atoms with Gasteiger partial charge in [-0.05, 0) is 30.9 Å². The number of benzene rings is 2. The number of anilines is 1. The van der Waals surface area contributed by atoms with Crippen molar-refractivity contribution < 1.29 is 5.11 Å². The number of aliphatic hydroxyl groups excluding tert-OH is 1. The number of aromatic nitrogens is 4. The number of aryl methyl sites for hydroxylation is 1. The molecule has 4 aromatic rings. The van der Waals surface area contributed by atoms with Gasteiger partial charge in [-0.25, -0.2) is 9.97 Å². The second-order valence-corrected chi connectivity index (χ2v) is 7.29. The molecule has 2 aromatic heterocycles. The molecule has 2 N–H and O–H groups in total. The lowest BCUT2D eigenvalue weighted by Gasteiger charge is -2.12. The zero-order valence-electron chi connectivity index (χ0n) is 15.1. The summed E-state index contributed by atoms with van der Waals surface area (Å²) >= 11 is 0. The number of rotatable bonds is 3. The number of nitrogens with one attached hydrogen (secondary N) is 1. The lowest BCUT2D eigenvalue weighted by Crippen LogP contribution is -2.18. The zero-order valence-corrected chi connectivity index (χ0v) is 15.1. The topological polar surface area (TPSA) is 75.9 Å². The van der Waals surface area contributed by atoms with Gasteiger partial charge in [0.15, 0.2) is 0 Å². The largest absolute Gasteiger partial charge is 0.393 e. The van der Waals surface area contributed by atoms with Gasteiger partial charge < -0.3 is 10.4 Å². The van der Waals surface area contributed by atoms with Crippen molar-refractivity contribution in [1.82, 2.24) is 19.7 Å². The highest BCUT2D eigenvalue weighted by molar-refractivity contribution is 5.96. The van der Waals surface area contributed by atoms with Crippen molar-refractivity contribution in [3.63, 3.8) is 0 Å². The quantitative estimate of drug-likeness (QED) is 0.585. The minimum Gasteiger partial charge on any atom is -0.393 e. The molecule has 6 nitrogen and oxygen atoms in total. The van der Waals surface area contributed by atoms with Gasteiger partial charge in [0.2, 0.25) is 5.95 Å². The first-order chi connectivity index (χ1) is 13.2. The van der Waals surface area contributed by atoms with Crippen molar-refractivity contribution in [3.05, 3.63) is 48.8 Å². The van der Waals surface area contributed by atoms with E-state index >= 15 is 0 Å². The summed E-state index contributed by atoms with van der Waals surface area (Å²) in [5, 5.41) is 19.6. The van der Waals surface area contributed by atoms with Gasteiger partial charge in [0.1, 0.15) is 0 Å². The van der Waals surface area contributed by atoms with Crippen LogP contribution in [0.15, 0.2) is 48.8 Å². The maximum Gasteiger partial charge on any atom is 0.223 e. The van der Waals surface area contributed by atoms with Crippen molar-refractivity contribution in [2.45, 2.75) is 31.4 Å². The van der Waals surface area contributed by atoms with Gasteiger partial charge in [0, 0.05) is 35.6 Å². The van der Waals surface area contributed by atoms with Crippen molar-refractivity contribution in [2.75, 3.05) is 5.32 Å². The summed E-state index contributed by atoms with van der Waals surface area (Å²) < 4.78 is 1.91. The third-order valence-corrected chi connectivity index (χ3v) is 5.39. The Morgan fingerprint density at radius 1 is 1.11 bits per heavy atom. The molecule has 0 bridgehead atoms. The van der Waals surface area contributed by atoms with Crippen LogP contribution in [-0.2, 0) is 7.05 Å². The molecule has 2 atom stereocenters. The van der Waals surface area contributed by atoms with Crippen LogP contribution < -0.4 is 5.32 Å². The van der Waals surface area contributed by atoms with Gasteiger partial charge in [0.05, 0.1) is 23.3 Å². The van der Waals surface area contributed by atoms with Crippen molar-refractivity contribution in [3.8, 4) is 11.1 Å². The summed E-state index contributed by atoms with van der Waals surface area (Å²) in [6.45, 7) is 0. The number of para-hydroxylation sites is 1. The Morgan fingerprint density at radius 2 is 2.04 bits per heavy atom. The summed E-state index contributed by atoms with van der Waals surface area (Å²) in [6, 6.07) is 12.8. The highest BCUT2D eigenvalue weighted by Crippen LogP contribution is 2.30. The molecule has 0 aliphatic heterocycles. The molecule has 0 amide bonds. The van der Waals surface area contributed by atoms with Crippen molar-refractivity contribution >= 4 is 27.8 Å². The van der Waals surface area contributed by atoms with E-state index in [-0.39, 0.29) is 12.1 Å². The van der Waals surface area contributed by atoms with Crippen LogP contribution in [0, 0.1) is 0 Å². The third-order valence-electron chi connectivity index (χ3n) is 5.39. The SMILES string of the molecule is Cn1ncc2cccc(-c3ccc4cnc(N[C@@H]5CC[C@@H](O)C5)nc4c3)c21. The molecular weight excluding hydrogens is 338 g/mol. The lowest BCUT2D eigenvalue weighted by atomic mass is 10.0. The predicted octanol–water partition coefficient (Wildman–Crippen LogP) is 3.51. The Hall–Kier alpha value is -2.99. The maximum absolute atomic E-state index is 9.72. The van der Waals surface area contributed by atoms with Crippen LogP contribution in [0.3, 0.4) is 0 Å². The molecule has 1 saturated carbocycles. The second-order valence-electron chi connectivity index (χ2n) is 7.29. The minimum absolute atomic E-state index is 0.214. The highest BCUT2D eigenvalue weighted by atomic mass is 16.3. The molecule has 27 heavy (non-hydrogen) atoms. The van der Waals surface area contributed by atoms with Crippen LogP contribution in [0.5, 0.6) is 0 Å². The van der Waals surface area contributed by atoms with Gasteiger partial charge in [-0.2, -0.15) is 5.10 Å². The number of aliphatic hydroxyl groups is 1. The molecule has 0 spiro atoms. The fourth-order valence-electron chi connectivity index (χ4n) is 4.00. The predicted molar refractivity (Wildman–Crippen MR) is 107 cm³/mol. The Balaban J connectivity index is 1.55. The number of hydrogen-bond acceptors (Lipinski definition) is 5. The molecule has 1 aliphatic rings. The summed E-state index contributed by atoms with van der Waals surface area (Å²) in [5.74, 6) is 0.623. The van der Waals surface area contributed by atoms with E-state index < -0.39 is 0 Å².